The Kier molecular flexibility index (Phi) is 4.67. The van der Waals surface area contributed by atoms with Crippen LogP contribution in [0.3, 0.4) is 0 Å². The highest BCUT2D eigenvalue weighted by Gasteiger charge is 2.30. The second kappa shape index (κ2) is 6.28. The van der Waals surface area contributed by atoms with Crippen LogP contribution >= 0.6 is 24.0 Å². The smallest absolute Gasteiger partial charge is 0.266 e. The number of thiocarbonyl (C=S) groups is 1. The number of ether oxygens (including phenoxy) is 1. The van der Waals surface area contributed by atoms with E-state index < -0.39 is 0 Å². The van der Waals surface area contributed by atoms with Gasteiger partial charge >= 0.3 is 0 Å². The van der Waals surface area contributed by atoms with Crippen LogP contribution in [0.4, 0.5) is 0 Å². The van der Waals surface area contributed by atoms with E-state index in [4.69, 9.17) is 17.0 Å². The van der Waals surface area contributed by atoms with Crippen molar-refractivity contribution >= 4 is 40.3 Å². The monoisotopic (exact) mass is 309 g/mol. The maximum Gasteiger partial charge on any atom is 0.266 e. The lowest BCUT2D eigenvalue weighted by molar-refractivity contribution is -0.121. The van der Waals surface area contributed by atoms with Gasteiger partial charge in [-0.15, -0.1) is 0 Å². The highest BCUT2D eigenvalue weighted by molar-refractivity contribution is 8.26. The molecule has 4 nitrogen and oxygen atoms in total. The predicted molar refractivity (Wildman–Crippen MR) is 84.8 cm³/mol. The minimum atomic E-state index is -0.0754. The predicted octanol–water partition coefficient (Wildman–Crippen LogP) is 3.01. The van der Waals surface area contributed by atoms with Gasteiger partial charge in [-0.05, 0) is 37.6 Å². The zero-order valence-corrected chi connectivity index (χ0v) is 12.9. The lowest BCUT2D eigenvalue weighted by atomic mass is 10.2. The quantitative estimate of drug-likeness (QED) is 0.684. The number of aromatic hydroxyl groups is 1. The first kappa shape index (κ1) is 14.9. The zero-order chi connectivity index (χ0) is 14.7. The van der Waals surface area contributed by atoms with Crippen molar-refractivity contribution in [3.63, 3.8) is 0 Å². The number of rotatable bonds is 4. The first-order valence-electron chi connectivity index (χ1n) is 6.28. The molecule has 0 spiro atoms. The van der Waals surface area contributed by atoms with Crippen LogP contribution in [0, 0.1) is 0 Å². The lowest BCUT2D eigenvalue weighted by Crippen LogP contribution is -2.27. The molecule has 1 heterocycles. The molecule has 0 unspecified atom stereocenters. The van der Waals surface area contributed by atoms with Crippen molar-refractivity contribution in [3.8, 4) is 11.5 Å². The van der Waals surface area contributed by atoms with Crippen LogP contribution in [0.15, 0.2) is 23.1 Å². The molecule has 1 saturated heterocycles. The van der Waals surface area contributed by atoms with Crippen LogP contribution in [0.5, 0.6) is 11.5 Å². The molecule has 1 aromatic carbocycles. The van der Waals surface area contributed by atoms with Crippen molar-refractivity contribution in [1.82, 2.24) is 4.90 Å². The molecule has 1 fully saturated rings. The molecule has 6 heteroatoms. The molecule has 0 radical (unpaired) electrons. The van der Waals surface area contributed by atoms with Crippen molar-refractivity contribution in [2.45, 2.75) is 13.8 Å². The Morgan fingerprint density at radius 1 is 1.45 bits per heavy atom. The molecular weight excluding hydrogens is 294 g/mol. The molecule has 106 valence electrons. The van der Waals surface area contributed by atoms with E-state index in [1.165, 1.54) is 11.8 Å². The molecule has 1 N–H and O–H groups in total. The maximum atomic E-state index is 12.1. The minimum Gasteiger partial charge on any atom is -0.504 e. The van der Waals surface area contributed by atoms with Gasteiger partial charge in [0.05, 0.1) is 11.5 Å². The fraction of sp³-hybridized carbons (Fsp3) is 0.286. The van der Waals surface area contributed by atoms with E-state index in [0.717, 1.165) is 5.56 Å². The van der Waals surface area contributed by atoms with Crippen LogP contribution in [-0.2, 0) is 4.79 Å². The van der Waals surface area contributed by atoms with Crippen LogP contribution in [0.1, 0.15) is 19.4 Å². The van der Waals surface area contributed by atoms with Crippen LogP contribution in [0.2, 0.25) is 0 Å². The van der Waals surface area contributed by atoms with E-state index in [0.29, 0.717) is 28.1 Å². The molecule has 0 bridgehead atoms. The fourth-order valence-corrected chi connectivity index (χ4v) is 3.20. The summed E-state index contributed by atoms with van der Waals surface area (Å²) in [6.45, 7) is 4.77. The average Bonchev–Trinajstić information content (AvgIpc) is 2.68. The number of likely N-dealkylation sites (N-methyl/N-ethyl adjacent to an activating group) is 1. The Bertz CT molecular complexity index is 584. The summed E-state index contributed by atoms with van der Waals surface area (Å²) in [4.78, 5) is 14.3. The first-order valence-corrected chi connectivity index (χ1v) is 7.50. The number of phenols is 1. The van der Waals surface area contributed by atoms with Crippen molar-refractivity contribution in [3.05, 3.63) is 28.7 Å². The summed E-state index contributed by atoms with van der Waals surface area (Å²) in [5.74, 6) is 0.422. The van der Waals surface area contributed by atoms with Gasteiger partial charge in [0.25, 0.3) is 5.91 Å². The van der Waals surface area contributed by atoms with E-state index in [9.17, 15) is 9.90 Å². The molecule has 0 aromatic heterocycles. The largest absolute Gasteiger partial charge is 0.504 e. The number of hydrogen-bond acceptors (Lipinski definition) is 5. The molecule has 20 heavy (non-hydrogen) atoms. The first-order chi connectivity index (χ1) is 9.56. The third kappa shape index (κ3) is 2.96. The Morgan fingerprint density at radius 3 is 2.80 bits per heavy atom. The molecule has 2 rings (SSSR count). The van der Waals surface area contributed by atoms with Gasteiger partial charge in [-0.3, -0.25) is 9.69 Å². The van der Waals surface area contributed by atoms with Gasteiger partial charge in [0, 0.05) is 6.54 Å². The van der Waals surface area contributed by atoms with E-state index in [2.05, 4.69) is 0 Å². The topological polar surface area (TPSA) is 49.8 Å². The minimum absolute atomic E-state index is 0.0754. The van der Waals surface area contributed by atoms with Gasteiger partial charge < -0.3 is 9.84 Å². The van der Waals surface area contributed by atoms with Crippen molar-refractivity contribution in [2.75, 3.05) is 13.2 Å². The number of carbonyl (C=O) groups excluding carboxylic acids is 1. The normalized spacial score (nSPS) is 17.1. The van der Waals surface area contributed by atoms with Gasteiger partial charge in [0.1, 0.15) is 4.32 Å². The van der Waals surface area contributed by atoms with Crippen LogP contribution in [0.25, 0.3) is 6.08 Å². The number of benzene rings is 1. The Morgan fingerprint density at radius 2 is 2.20 bits per heavy atom. The second-order valence-corrected chi connectivity index (χ2v) is 5.76. The number of nitrogens with zero attached hydrogens (tertiary/aromatic N) is 1. The number of thioether (sulfide) groups is 1. The molecular formula is C14H15NO3S2. The Labute approximate surface area is 127 Å². The van der Waals surface area contributed by atoms with E-state index >= 15 is 0 Å². The SMILES string of the molecule is CCOc1cc(/C=C2\SC(=S)N(CC)C2=O)ccc1O. The number of hydrogen-bond donors (Lipinski definition) is 1. The van der Waals surface area contributed by atoms with Gasteiger partial charge in [-0.1, -0.05) is 30.0 Å². The van der Waals surface area contributed by atoms with Gasteiger partial charge in [0.15, 0.2) is 11.5 Å². The zero-order valence-electron chi connectivity index (χ0n) is 11.3. The van der Waals surface area contributed by atoms with Gasteiger partial charge in [-0.25, -0.2) is 0 Å². The van der Waals surface area contributed by atoms with Crippen molar-refractivity contribution in [2.24, 2.45) is 0 Å². The van der Waals surface area contributed by atoms with E-state index in [1.54, 1.807) is 29.2 Å². The molecule has 0 saturated carbocycles. The summed E-state index contributed by atoms with van der Waals surface area (Å²) in [6.07, 6.45) is 1.76. The standard InChI is InChI=1S/C14H15NO3S2/c1-3-15-13(17)12(20-14(15)19)8-9-5-6-10(16)11(7-9)18-4-2/h5-8,16H,3-4H2,1-2H3/b12-8-. The number of carbonyl (C=O) groups is 1. The Hall–Kier alpha value is -1.53. The molecule has 0 aliphatic carbocycles. The molecule has 1 aliphatic rings. The molecule has 1 aromatic rings. The number of phenolic OH excluding ortho intramolecular Hbond substituents is 1. The summed E-state index contributed by atoms with van der Waals surface area (Å²) < 4.78 is 5.90. The number of amides is 1. The van der Waals surface area contributed by atoms with Crippen molar-refractivity contribution < 1.29 is 14.6 Å². The maximum absolute atomic E-state index is 12.1. The van der Waals surface area contributed by atoms with Crippen LogP contribution < -0.4 is 4.74 Å². The van der Waals surface area contributed by atoms with E-state index in [1.807, 2.05) is 13.8 Å². The molecule has 1 aliphatic heterocycles. The van der Waals surface area contributed by atoms with Crippen molar-refractivity contribution in [1.29, 1.82) is 0 Å². The molecule has 1 amide bonds. The highest BCUT2D eigenvalue weighted by Crippen LogP contribution is 2.34. The Balaban J connectivity index is 2.30. The summed E-state index contributed by atoms with van der Waals surface area (Å²) >= 11 is 6.45. The average molecular weight is 309 g/mol. The molecule has 0 atom stereocenters. The highest BCUT2D eigenvalue weighted by atomic mass is 32.2. The van der Waals surface area contributed by atoms with Gasteiger partial charge in [-0.2, -0.15) is 0 Å². The third-order valence-corrected chi connectivity index (χ3v) is 4.15. The van der Waals surface area contributed by atoms with Gasteiger partial charge in [0.2, 0.25) is 0 Å². The summed E-state index contributed by atoms with van der Waals surface area (Å²) in [6, 6.07) is 4.99. The second-order valence-electron chi connectivity index (χ2n) is 4.09. The summed E-state index contributed by atoms with van der Waals surface area (Å²) in [7, 11) is 0. The summed E-state index contributed by atoms with van der Waals surface area (Å²) in [5, 5.41) is 9.65. The van der Waals surface area contributed by atoms with E-state index in [-0.39, 0.29) is 11.7 Å². The fourth-order valence-electron chi connectivity index (χ4n) is 1.82. The van der Waals surface area contributed by atoms with Crippen LogP contribution in [-0.4, -0.2) is 33.4 Å². The lowest BCUT2D eigenvalue weighted by Gasteiger charge is -2.09. The third-order valence-electron chi connectivity index (χ3n) is 2.77. The summed E-state index contributed by atoms with van der Waals surface area (Å²) in [5.41, 5.74) is 0.794.